The molecule has 0 unspecified atom stereocenters. The summed E-state index contributed by atoms with van der Waals surface area (Å²) < 4.78 is 11.2. The molecule has 2 aliphatic rings. The highest BCUT2D eigenvalue weighted by Gasteiger charge is 2.45. The van der Waals surface area contributed by atoms with E-state index in [0.717, 1.165) is 5.56 Å². The van der Waals surface area contributed by atoms with E-state index in [4.69, 9.17) is 9.47 Å². The molecule has 0 radical (unpaired) electrons. The smallest absolute Gasteiger partial charge is 0.410 e. The molecule has 2 saturated heterocycles. The molecular formula is C20H26N2O6. The molecule has 8 nitrogen and oxygen atoms in total. The lowest BCUT2D eigenvalue weighted by Gasteiger charge is -2.35. The zero-order valence-electron chi connectivity index (χ0n) is 16.2. The monoisotopic (exact) mass is 390 g/mol. The SMILES string of the molecule is CC(C)(CC(=O)N1C[C@@H]2OCCN(C(=O)OCc3ccccc3)[C@@H]2C1)C(=O)O. The normalized spacial score (nSPS) is 21.9. The fraction of sp³-hybridized carbons (Fsp3) is 0.550. The average molecular weight is 390 g/mol. The molecule has 152 valence electrons. The van der Waals surface area contributed by atoms with E-state index in [-0.39, 0.29) is 31.1 Å². The first-order valence-corrected chi connectivity index (χ1v) is 9.38. The fourth-order valence-corrected chi connectivity index (χ4v) is 3.49. The zero-order chi connectivity index (χ0) is 20.3. The van der Waals surface area contributed by atoms with Gasteiger partial charge in [0.1, 0.15) is 6.61 Å². The highest BCUT2D eigenvalue weighted by molar-refractivity contribution is 5.84. The van der Waals surface area contributed by atoms with E-state index in [1.807, 2.05) is 30.3 Å². The van der Waals surface area contributed by atoms with Gasteiger partial charge in [0.05, 0.1) is 24.2 Å². The van der Waals surface area contributed by atoms with Gasteiger partial charge in [-0.15, -0.1) is 0 Å². The highest BCUT2D eigenvalue weighted by atomic mass is 16.6. The van der Waals surface area contributed by atoms with Gasteiger partial charge in [0.2, 0.25) is 5.91 Å². The maximum absolute atomic E-state index is 12.6. The molecule has 2 fully saturated rings. The van der Waals surface area contributed by atoms with Crippen molar-refractivity contribution in [1.82, 2.24) is 9.80 Å². The van der Waals surface area contributed by atoms with Gasteiger partial charge < -0.3 is 19.5 Å². The van der Waals surface area contributed by atoms with Crippen LogP contribution in [0, 0.1) is 5.41 Å². The lowest BCUT2D eigenvalue weighted by molar-refractivity contribution is -0.151. The van der Waals surface area contributed by atoms with Crippen LogP contribution in [0.1, 0.15) is 25.8 Å². The summed E-state index contributed by atoms with van der Waals surface area (Å²) in [4.78, 5) is 39.6. The summed E-state index contributed by atoms with van der Waals surface area (Å²) >= 11 is 0. The Labute approximate surface area is 164 Å². The number of ether oxygens (including phenoxy) is 2. The van der Waals surface area contributed by atoms with Gasteiger partial charge in [-0.2, -0.15) is 0 Å². The number of likely N-dealkylation sites (tertiary alicyclic amines) is 1. The van der Waals surface area contributed by atoms with Crippen LogP contribution in [0.3, 0.4) is 0 Å². The summed E-state index contributed by atoms with van der Waals surface area (Å²) in [5.41, 5.74) is -0.236. The number of carboxylic acid groups (broad SMARTS) is 1. The minimum Gasteiger partial charge on any atom is -0.481 e. The quantitative estimate of drug-likeness (QED) is 0.823. The van der Waals surface area contributed by atoms with E-state index in [9.17, 15) is 19.5 Å². The lowest BCUT2D eigenvalue weighted by atomic mass is 9.89. The first-order valence-electron chi connectivity index (χ1n) is 9.38. The lowest BCUT2D eigenvalue weighted by Crippen LogP contribution is -2.53. The van der Waals surface area contributed by atoms with Gasteiger partial charge >= 0.3 is 12.1 Å². The van der Waals surface area contributed by atoms with Gasteiger partial charge in [0.15, 0.2) is 0 Å². The third kappa shape index (κ3) is 4.44. The third-order valence-electron chi connectivity index (χ3n) is 5.27. The average Bonchev–Trinajstić information content (AvgIpc) is 3.11. The molecule has 28 heavy (non-hydrogen) atoms. The van der Waals surface area contributed by atoms with Gasteiger partial charge in [-0.3, -0.25) is 14.5 Å². The van der Waals surface area contributed by atoms with Crippen molar-refractivity contribution in [3.05, 3.63) is 35.9 Å². The number of hydrogen-bond donors (Lipinski definition) is 1. The predicted octanol–water partition coefficient (Wildman–Crippen LogP) is 1.74. The number of amides is 2. The second-order valence-corrected chi connectivity index (χ2v) is 7.87. The Balaban J connectivity index is 1.60. The van der Waals surface area contributed by atoms with Crippen LogP contribution in [-0.4, -0.2) is 71.3 Å². The number of morpholine rings is 1. The molecule has 1 aromatic carbocycles. The van der Waals surface area contributed by atoms with Gasteiger partial charge in [-0.1, -0.05) is 30.3 Å². The number of carbonyl (C=O) groups is 3. The Morgan fingerprint density at radius 2 is 1.93 bits per heavy atom. The molecular weight excluding hydrogens is 364 g/mol. The number of carboxylic acids is 1. The number of aliphatic carboxylic acids is 1. The molecule has 1 aromatic rings. The largest absolute Gasteiger partial charge is 0.481 e. The fourth-order valence-electron chi connectivity index (χ4n) is 3.49. The molecule has 3 rings (SSSR count). The Morgan fingerprint density at radius 3 is 2.61 bits per heavy atom. The van der Waals surface area contributed by atoms with Gasteiger partial charge in [-0.05, 0) is 19.4 Å². The van der Waals surface area contributed by atoms with Crippen LogP contribution < -0.4 is 0 Å². The zero-order valence-corrected chi connectivity index (χ0v) is 16.2. The van der Waals surface area contributed by atoms with Gasteiger partial charge in [0.25, 0.3) is 0 Å². The minimum absolute atomic E-state index is 0.0970. The molecule has 0 bridgehead atoms. The van der Waals surface area contributed by atoms with E-state index in [1.54, 1.807) is 9.80 Å². The molecule has 0 saturated carbocycles. The van der Waals surface area contributed by atoms with E-state index in [2.05, 4.69) is 0 Å². The van der Waals surface area contributed by atoms with Crippen LogP contribution in [0.15, 0.2) is 30.3 Å². The number of rotatable bonds is 5. The summed E-state index contributed by atoms with van der Waals surface area (Å²) in [5.74, 6) is -1.26. The molecule has 8 heteroatoms. The number of nitrogens with zero attached hydrogens (tertiary/aromatic N) is 2. The Bertz CT molecular complexity index is 735. The summed E-state index contributed by atoms with van der Waals surface area (Å²) in [6, 6.07) is 9.15. The van der Waals surface area contributed by atoms with Crippen LogP contribution in [0.5, 0.6) is 0 Å². The summed E-state index contributed by atoms with van der Waals surface area (Å²) in [6.45, 7) is 4.69. The molecule has 2 heterocycles. The van der Waals surface area contributed by atoms with Crippen LogP contribution in [0.4, 0.5) is 4.79 Å². The van der Waals surface area contributed by atoms with Crippen LogP contribution in [0.25, 0.3) is 0 Å². The van der Waals surface area contributed by atoms with Crippen molar-refractivity contribution in [1.29, 1.82) is 0 Å². The minimum atomic E-state index is -1.14. The van der Waals surface area contributed by atoms with Crippen LogP contribution in [-0.2, 0) is 25.7 Å². The van der Waals surface area contributed by atoms with E-state index in [1.165, 1.54) is 13.8 Å². The van der Waals surface area contributed by atoms with Gasteiger partial charge in [-0.25, -0.2) is 4.79 Å². The first-order chi connectivity index (χ1) is 13.3. The molecule has 2 atom stereocenters. The second-order valence-electron chi connectivity index (χ2n) is 7.87. The van der Waals surface area contributed by atoms with E-state index >= 15 is 0 Å². The second kappa shape index (κ2) is 8.18. The number of benzene rings is 1. The molecule has 1 N–H and O–H groups in total. The van der Waals surface area contributed by atoms with E-state index in [0.29, 0.717) is 26.2 Å². The number of hydrogen-bond acceptors (Lipinski definition) is 5. The third-order valence-corrected chi connectivity index (χ3v) is 5.27. The molecule has 2 amide bonds. The van der Waals surface area contributed by atoms with Gasteiger partial charge in [0, 0.05) is 26.1 Å². The van der Waals surface area contributed by atoms with Crippen LogP contribution >= 0.6 is 0 Å². The van der Waals surface area contributed by atoms with Crippen molar-refractivity contribution >= 4 is 18.0 Å². The first kappa shape index (κ1) is 20.1. The Morgan fingerprint density at radius 1 is 1.21 bits per heavy atom. The number of fused-ring (bicyclic) bond motifs is 1. The van der Waals surface area contributed by atoms with Crippen molar-refractivity contribution < 1.29 is 29.0 Å². The standard InChI is InChI=1S/C20H26N2O6/c1-20(2,18(24)25)10-17(23)21-11-15-16(12-21)27-9-8-22(15)19(26)28-13-14-6-4-3-5-7-14/h3-7,15-16H,8-13H2,1-2H3,(H,24,25)/t15-,16+/m1/s1. The topological polar surface area (TPSA) is 96.4 Å². The molecule has 0 spiro atoms. The molecule has 2 aliphatic heterocycles. The Hall–Kier alpha value is -2.61. The maximum atomic E-state index is 12.6. The van der Waals surface area contributed by atoms with Crippen molar-refractivity contribution in [2.75, 3.05) is 26.2 Å². The summed E-state index contributed by atoms with van der Waals surface area (Å²) in [5, 5.41) is 9.24. The van der Waals surface area contributed by atoms with Crippen molar-refractivity contribution in [2.45, 2.75) is 39.0 Å². The molecule has 0 aliphatic carbocycles. The predicted molar refractivity (Wildman–Crippen MR) is 99.5 cm³/mol. The highest BCUT2D eigenvalue weighted by Crippen LogP contribution is 2.27. The number of carbonyl (C=O) groups excluding carboxylic acids is 2. The summed E-state index contributed by atoms with van der Waals surface area (Å²) in [6.07, 6.45) is -0.808. The summed E-state index contributed by atoms with van der Waals surface area (Å²) in [7, 11) is 0. The van der Waals surface area contributed by atoms with Crippen molar-refractivity contribution in [2.24, 2.45) is 5.41 Å². The van der Waals surface area contributed by atoms with Crippen LogP contribution in [0.2, 0.25) is 0 Å². The molecule has 0 aromatic heterocycles. The van der Waals surface area contributed by atoms with E-state index < -0.39 is 17.5 Å². The Kier molecular flexibility index (Phi) is 5.88. The maximum Gasteiger partial charge on any atom is 0.410 e. The van der Waals surface area contributed by atoms with Crippen molar-refractivity contribution in [3.8, 4) is 0 Å². The van der Waals surface area contributed by atoms with Crippen molar-refractivity contribution in [3.63, 3.8) is 0 Å².